The summed E-state index contributed by atoms with van der Waals surface area (Å²) >= 11 is 5.87. The second-order valence-electron chi connectivity index (χ2n) is 6.11. The number of rotatable bonds is 3. The first-order valence-corrected chi connectivity index (χ1v) is 8.41. The molecule has 1 fully saturated rings. The Morgan fingerprint density at radius 3 is 2.38 bits per heavy atom. The van der Waals surface area contributed by atoms with E-state index >= 15 is 0 Å². The van der Waals surface area contributed by atoms with Crippen molar-refractivity contribution in [1.29, 1.82) is 0 Å². The summed E-state index contributed by atoms with van der Waals surface area (Å²) in [6.07, 6.45) is 0.793. The molecule has 5 heteroatoms. The lowest BCUT2D eigenvalue weighted by molar-refractivity contribution is 0.0459. The van der Waals surface area contributed by atoms with Crippen LogP contribution >= 0.6 is 11.6 Å². The average molecular weight is 348 g/mol. The van der Waals surface area contributed by atoms with E-state index in [4.69, 9.17) is 11.6 Å². The lowest BCUT2D eigenvalue weighted by atomic mass is 9.87. The zero-order valence-corrected chi connectivity index (χ0v) is 13.9. The molecule has 3 nitrogen and oxygen atoms in total. The van der Waals surface area contributed by atoms with Crippen molar-refractivity contribution in [2.45, 2.75) is 18.9 Å². The van der Waals surface area contributed by atoms with Crippen molar-refractivity contribution in [3.8, 4) is 0 Å². The highest BCUT2D eigenvalue weighted by Crippen LogP contribution is 2.31. The Kier molecular flexibility index (Phi) is 5.17. The monoisotopic (exact) mass is 347 g/mol. The van der Waals surface area contributed by atoms with E-state index in [1.165, 1.54) is 12.1 Å². The van der Waals surface area contributed by atoms with Crippen molar-refractivity contribution >= 4 is 17.5 Å². The number of piperidine rings is 1. The van der Waals surface area contributed by atoms with Gasteiger partial charge in [0.15, 0.2) is 0 Å². The van der Waals surface area contributed by atoms with E-state index in [1.807, 2.05) is 12.1 Å². The Balaban J connectivity index is 1.62. The van der Waals surface area contributed by atoms with Gasteiger partial charge < -0.3 is 10.0 Å². The van der Waals surface area contributed by atoms with Crippen molar-refractivity contribution in [3.05, 3.63) is 70.5 Å². The molecule has 1 aliphatic rings. The largest absolute Gasteiger partial charge is 0.388 e. The summed E-state index contributed by atoms with van der Waals surface area (Å²) in [5.74, 6) is -0.700. The number of hydrogen-bond acceptors (Lipinski definition) is 2. The summed E-state index contributed by atoms with van der Waals surface area (Å²) in [4.78, 5) is 14.1. The first-order valence-electron chi connectivity index (χ1n) is 8.03. The number of aliphatic hydroxyl groups excluding tert-OH is 1. The van der Waals surface area contributed by atoms with Crippen LogP contribution in [0.15, 0.2) is 48.5 Å². The number of hydrogen-bond donors (Lipinski definition) is 1. The fourth-order valence-corrected chi connectivity index (χ4v) is 3.28. The van der Waals surface area contributed by atoms with Crippen LogP contribution in [0.5, 0.6) is 0 Å². The third-order valence-electron chi connectivity index (χ3n) is 4.59. The maximum absolute atomic E-state index is 13.8. The van der Waals surface area contributed by atoms with E-state index in [-0.39, 0.29) is 17.4 Å². The van der Waals surface area contributed by atoms with Crippen molar-refractivity contribution in [3.63, 3.8) is 0 Å². The van der Waals surface area contributed by atoms with E-state index in [2.05, 4.69) is 0 Å². The first-order chi connectivity index (χ1) is 11.6. The zero-order valence-electron chi connectivity index (χ0n) is 13.2. The lowest BCUT2D eigenvalue weighted by Crippen LogP contribution is -2.40. The fourth-order valence-electron chi connectivity index (χ4n) is 3.16. The molecule has 0 aromatic heterocycles. The molecule has 0 aliphatic carbocycles. The molecule has 0 saturated carbocycles. The van der Waals surface area contributed by atoms with Crippen LogP contribution < -0.4 is 0 Å². The molecule has 0 spiro atoms. The van der Waals surface area contributed by atoms with Gasteiger partial charge in [0.2, 0.25) is 0 Å². The molecule has 24 heavy (non-hydrogen) atoms. The maximum Gasteiger partial charge on any atom is 0.256 e. The maximum atomic E-state index is 13.8. The predicted molar refractivity (Wildman–Crippen MR) is 91.4 cm³/mol. The van der Waals surface area contributed by atoms with Crippen molar-refractivity contribution in [2.24, 2.45) is 5.92 Å². The standard InChI is InChI=1S/C19H19ClFNO2/c20-15-7-5-13(6-8-15)18(23)14-9-11-22(12-10-14)19(24)16-3-1-2-4-17(16)21/h1-8,14,18,23H,9-12H2. The van der Waals surface area contributed by atoms with Gasteiger partial charge in [-0.05, 0) is 48.6 Å². The van der Waals surface area contributed by atoms with Crippen LogP contribution in [0, 0.1) is 11.7 Å². The van der Waals surface area contributed by atoms with Crippen LogP contribution in [0.3, 0.4) is 0 Å². The Bertz CT molecular complexity index is 712. The van der Waals surface area contributed by atoms with Gasteiger partial charge in [-0.25, -0.2) is 4.39 Å². The predicted octanol–water partition coefficient (Wildman–Crippen LogP) is 4.06. The molecule has 1 aliphatic heterocycles. The van der Waals surface area contributed by atoms with E-state index in [1.54, 1.807) is 29.2 Å². The molecular weight excluding hydrogens is 329 g/mol. The Morgan fingerprint density at radius 1 is 1.12 bits per heavy atom. The molecule has 1 saturated heterocycles. The number of benzene rings is 2. The highest BCUT2D eigenvalue weighted by atomic mass is 35.5. The van der Waals surface area contributed by atoms with Gasteiger partial charge in [-0.3, -0.25) is 4.79 Å². The van der Waals surface area contributed by atoms with Crippen LogP contribution in [0.25, 0.3) is 0 Å². The van der Waals surface area contributed by atoms with Crippen LogP contribution in [0.2, 0.25) is 5.02 Å². The van der Waals surface area contributed by atoms with Gasteiger partial charge in [-0.15, -0.1) is 0 Å². The smallest absolute Gasteiger partial charge is 0.256 e. The molecule has 1 amide bonds. The highest BCUT2D eigenvalue weighted by Gasteiger charge is 2.29. The van der Waals surface area contributed by atoms with Crippen LogP contribution in [0.4, 0.5) is 4.39 Å². The molecule has 0 bridgehead atoms. The summed E-state index contributed by atoms with van der Waals surface area (Å²) in [5, 5.41) is 11.2. The second kappa shape index (κ2) is 7.32. The number of carbonyl (C=O) groups excluding carboxylic acids is 1. The van der Waals surface area contributed by atoms with Crippen LogP contribution in [-0.4, -0.2) is 29.0 Å². The lowest BCUT2D eigenvalue weighted by Gasteiger charge is -2.34. The molecule has 2 aromatic carbocycles. The number of likely N-dealkylation sites (tertiary alicyclic amines) is 1. The fraction of sp³-hybridized carbons (Fsp3) is 0.316. The highest BCUT2D eigenvalue weighted by molar-refractivity contribution is 6.30. The number of carbonyl (C=O) groups is 1. The Hall–Kier alpha value is -1.91. The molecule has 126 valence electrons. The third kappa shape index (κ3) is 3.60. The van der Waals surface area contributed by atoms with Gasteiger partial charge in [0.05, 0.1) is 11.7 Å². The van der Waals surface area contributed by atoms with E-state index in [9.17, 15) is 14.3 Å². The summed E-state index contributed by atoms with van der Waals surface area (Å²) in [6, 6.07) is 13.2. The summed E-state index contributed by atoms with van der Waals surface area (Å²) in [7, 11) is 0. The van der Waals surface area contributed by atoms with Crippen molar-refractivity contribution in [2.75, 3.05) is 13.1 Å². The molecule has 1 unspecified atom stereocenters. The minimum absolute atomic E-state index is 0.0795. The van der Waals surface area contributed by atoms with Crippen LogP contribution in [-0.2, 0) is 0 Å². The molecule has 1 N–H and O–H groups in total. The molecule has 1 atom stereocenters. The van der Waals surface area contributed by atoms with Gasteiger partial charge in [0, 0.05) is 18.1 Å². The molecule has 2 aromatic rings. The van der Waals surface area contributed by atoms with Gasteiger partial charge in [-0.1, -0.05) is 35.9 Å². The van der Waals surface area contributed by atoms with E-state index in [0.29, 0.717) is 31.0 Å². The molecule has 3 rings (SSSR count). The minimum atomic E-state index is -0.576. The minimum Gasteiger partial charge on any atom is -0.388 e. The topological polar surface area (TPSA) is 40.5 Å². The summed E-state index contributed by atoms with van der Waals surface area (Å²) in [5.41, 5.74) is 0.937. The number of halogens is 2. The van der Waals surface area contributed by atoms with Gasteiger partial charge in [0.1, 0.15) is 5.82 Å². The Labute approximate surface area is 145 Å². The third-order valence-corrected chi connectivity index (χ3v) is 4.84. The molecule has 1 heterocycles. The SMILES string of the molecule is O=C(c1ccccc1F)N1CCC(C(O)c2ccc(Cl)cc2)CC1. The van der Waals surface area contributed by atoms with Crippen molar-refractivity contribution < 1.29 is 14.3 Å². The van der Waals surface area contributed by atoms with Gasteiger partial charge in [-0.2, -0.15) is 0 Å². The molecule has 0 radical (unpaired) electrons. The number of aliphatic hydroxyl groups is 1. The van der Waals surface area contributed by atoms with Crippen LogP contribution in [0.1, 0.15) is 34.9 Å². The normalized spacial score (nSPS) is 16.9. The number of nitrogens with zero attached hydrogens (tertiary/aromatic N) is 1. The molecular formula is C19H19ClFNO2. The van der Waals surface area contributed by atoms with Gasteiger partial charge >= 0.3 is 0 Å². The van der Waals surface area contributed by atoms with Crippen molar-refractivity contribution in [1.82, 2.24) is 4.90 Å². The summed E-state index contributed by atoms with van der Waals surface area (Å²) in [6.45, 7) is 1.03. The van der Waals surface area contributed by atoms with E-state index < -0.39 is 11.9 Å². The summed E-state index contributed by atoms with van der Waals surface area (Å²) < 4.78 is 13.8. The zero-order chi connectivity index (χ0) is 17.1. The van der Waals surface area contributed by atoms with E-state index in [0.717, 1.165) is 5.56 Å². The number of amides is 1. The second-order valence-corrected chi connectivity index (χ2v) is 6.54. The average Bonchev–Trinajstić information content (AvgIpc) is 2.62. The Morgan fingerprint density at radius 2 is 1.75 bits per heavy atom. The van der Waals surface area contributed by atoms with Gasteiger partial charge in [0.25, 0.3) is 5.91 Å². The quantitative estimate of drug-likeness (QED) is 0.909. The first kappa shape index (κ1) is 16.9.